The van der Waals surface area contributed by atoms with Crippen LogP contribution in [-0.2, 0) is 18.4 Å². The first-order chi connectivity index (χ1) is 6.84. The van der Waals surface area contributed by atoms with E-state index in [-0.39, 0.29) is 0 Å². The summed E-state index contributed by atoms with van der Waals surface area (Å²) in [6.45, 7) is 0. The van der Waals surface area contributed by atoms with Crippen LogP contribution in [0.1, 0.15) is 42.6 Å². The lowest BCUT2D eigenvalue weighted by atomic mass is 9.98. The van der Waals surface area contributed by atoms with Crippen LogP contribution in [0.5, 0.6) is 0 Å². The molecule has 0 atom stereocenters. The van der Waals surface area contributed by atoms with E-state index >= 15 is 0 Å². The summed E-state index contributed by atoms with van der Waals surface area (Å²) in [5, 5.41) is 3.45. The fourth-order valence-corrected chi connectivity index (χ4v) is 2.64. The molecule has 1 fully saturated rings. The number of aromatic amines is 1. The first kappa shape index (κ1) is 8.54. The average molecular weight is 190 g/mol. The van der Waals surface area contributed by atoms with Gasteiger partial charge in [-0.2, -0.15) is 0 Å². The van der Waals surface area contributed by atoms with E-state index in [1.807, 2.05) is 0 Å². The van der Waals surface area contributed by atoms with Crippen LogP contribution < -0.4 is 5.32 Å². The molecule has 2 N–H and O–H groups in total. The van der Waals surface area contributed by atoms with Crippen LogP contribution in [0.4, 0.5) is 0 Å². The summed E-state index contributed by atoms with van der Waals surface area (Å²) in [4.78, 5) is 3.62. The summed E-state index contributed by atoms with van der Waals surface area (Å²) in [6, 6.07) is 2.40. The standard InChI is InChI=1S/C12H18N2/c1-13-12(6-7-12)11-8-9-4-2-3-5-10(9)14-11/h8,13-14H,2-7H2,1H3. The van der Waals surface area contributed by atoms with Crippen molar-refractivity contribution in [2.75, 3.05) is 7.05 Å². The highest BCUT2D eigenvalue weighted by molar-refractivity contribution is 5.34. The molecule has 76 valence electrons. The minimum atomic E-state index is 0.317. The second-order valence-electron chi connectivity index (χ2n) is 4.73. The Bertz CT molecular complexity index is 324. The van der Waals surface area contributed by atoms with E-state index < -0.39 is 0 Å². The quantitative estimate of drug-likeness (QED) is 0.734. The number of hydrogen-bond donors (Lipinski definition) is 2. The van der Waals surface area contributed by atoms with Gasteiger partial charge < -0.3 is 10.3 Å². The zero-order valence-corrected chi connectivity index (χ0v) is 8.82. The van der Waals surface area contributed by atoms with Crippen LogP contribution >= 0.6 is 0 Å². The lowest BCUT2D eigenvalue weighted by Crippen LogP contribution is -2.24. The Labute approximate surface area is 85.1 Å². The molecule has 0 amide bonds. The third-order valence-corrected chi connectivity index (χ3v) is 3.86. The first-order valence-electron chi connectivity index (χ1n) is 5.74. The fourth-order valence-electron chi connectivity index (χ4n) is 2.64. The van der Waals surface area contributed by atoms with Crippen molar-refractivity contribution in [2.24, 2.45) is 0 Å². The van der Waals surface area contributed by atoms with Gasteiger partial charge in [-0.1, -0.05) is 0 Å². The van der Waals surface area contributed by atoms with Crippen molar-refractivity contribution in [1.29, 1.82) is 0 Å². The lowest BCUT2D eigenvalue weighted by Gasteiger charge is -2.11. The summed E-state index contributed by atoms with van der Waals surface area (Å²) in [5.41, 5.74) is 4.84. The Morgan fingerprint density at radius 2 is 2.07 bits per heavy atom. The zero-order valence-electron chi connectivity index (χ0n) is 8.82. The van der Waals surface area contributed by atoms with Crippen LogP contribution in [0.2, 0.25) is 0 Å². The second-order valence-corrected chi connectivity index (χ2v) is 4.73. The van der Waals surface area contributed by atoms with Crippen molar-refractivity contribution >= 4 is 0 Å². The molecule has 0 aromatic carbocycles. The highest BCUT2D eigenvalue weighted by Crippen LogP contribution is 2.45. The Morgan fingerprint density at radius 1 is 1.29 bits per heavy atom. The Morgan fingerprint density at radius 3 is 2.71 bits per heavy atom. The molecule has 0 aliphatic heterocycles. The van der Waals surface area contributed by atoms with Crippen molar-refractivity contribution in [2.45, 2.75) is 44.1 Å². The molecule has 2 nitrogen and oxygen atoms in total. The minimum Gasteiger partial charge on any atom is -0.360 e. The summed E-state index contributed by atoms with van der Waals surface area (Å²) in [7, 11) is 2.08. The predicted octanol–water partition coefficient (Wildman–Crippen LogP) is 2.10. The molecule has 2 aliphatic rings. The van der Waals surface area contributed by atoms with E-state index in [2.05, 4.69) is 23.4 Å². The van der Waals surface area contributed by atoms with E-state index in [1.165, 1.54) is 49.9 Å². The molecule has 1 heterocycles. The van der Waals surface area contributed by atoms with Gasteiger partial charge in [-0.05, 0) is 57.2 Å². The average Bonchev–Trinajstić information content (AvgIpc) is 2.91. The molecule has 0 unspecified atom stereocenters. The molecule has 14 heavy (non-hydrogen) atoms. The van der Waals surface area contributed by atoms with Gasteiger partial charge in [-0.15, -0.1) is 0 Å². The lowest BCUT2D eigenvalue weighted by molar-refractivity contribution is 0.568. The number of fused-ring (bicyclic) bond motifs is 1. The van der Waals surface area contributed by atoms with Gasteiger partial charge in [0.2, 0.25) is 0 Å². The van der Waals surface area contributed by atoms with Crippen LogP contribution in [-0.4, -0.2) is 12.0 Å². The molecule has 2 heteroatoms. The third-order valence-electron chi connectivity index (χ3n) is 3.86. The van der Waals surface area contributed by atoms with E-state index in [0.29, 0.717) is 5.54 Å². The summed E-state index contributed by atoms with van der Waals surface area (Å²) < 4.78 is 0. The maximum atomic E-state index is 3.62. The molecule has 0 radical (unpaired) electrons. The molecule has 2 aliphatic carbocycles. The van der Waals surface area contributed by atoms with Gasteiger partial charge >= 0.3 is 0 Å². The Balaban J connectivity index is 1.96. The van der Waals surface area contributed by atoms with Gasteiger partial charge in [0.15, 0.2) is 0 Å². The second kappa shape index (κ2) is 2.86. The van der Waals surface area contributed by atoms with Crippen molar-refractivity contribution < 1.29 is 0 Å². The van der Waals surface area contributed by atoms with Gasteiger partial charge in [0.1, 0.15) is 0 Å². The van der Waals surface area contributed by atoms with Crippen LogP contribution in [0.25, 0.3) is 0 Å². The van der Waals surface area contributed by atoms with Gasteiger partial charge in [-0.3, -0.25) is 0 Å². The van der Waals surface area contributed by atoms with Crippen molar-refractivity contribution in [3.8, 4) is 0 Å². The van der Waals surface area contributed by atoms with Crippen molar-refractivity contribution in [3.63, 3.8) is 0 Å². The predicted molar refractivity (Wildman–Crippen MR) is 57.4 cm³/mol. The molecule has 0 saturated heterocycles. The summed E-state index contributed by atoms with van der Waals surface area (Å²) in [6.07, 6.45) is 7.86. The molecule has 1 saturated carbocycles. The molecular formula is C12H18N2. The number of aromatic nitrogens is 1. The van der Waals surface area contributed by atoms with Crippen LogP contribution in [0, 0.1) is 0 Å². The molecule has 0 bridgehead atoms. The number of rotatable bonds is 2. The smallest absolute Gasteiger partial charge is 0.0585 e. The maximum Gasteiger partial charge on any atom is 0.0585 e. The zero-order chi connectivity index (χ0) is 9.60. The SMILES string of the molecule is CNC1(c2cc3c([nH]2)CCCC3)CC1. The number of nitrogens with one attached hydrogen (secondary N) is 2. The topological polar surface area (TPSA) is 27.8 Å². The monoisotopic (exact) mass is 190 g/mol. The molecule has 0 spiro atoms. The summed E-state index contributed by atoms with van der Waals surface area (Å²) in [5.74, 6) is 0. The van der Waals surface area contributed by atoms with Crippen molar-refractivity contribution in [3.05, 3.63) is 23.0 Å². The highest BCUT2D eigenvalue weighted by atomic mass is 15.0. The third kappa shape index (κ3) is 1.13. The molecular weight excluding hydrogens is 172 g/mol. The van der Waals surface area contributed by atoms with Gasteiger partial charge in [-0.25, -0.2) is 0 Å². The molecule has 1 aromatic heterocycles. The minimum absolute atomic E-state index is 0.317. The van der Waals surface area contributed by atoms with Crippen LogP contribution in [0.15, 0.2) is 6.07 Å². The molecule has 3 rings (SSSR count). The van der Waals surface area contributed by atoms with Gasteiger partial charge in [0, 0.05) is 11.4 Å². The van der Waals surface area contributed by atoms with Gasteiger partial charge in [0.25, 0.3) is 0 Å². The largest absolute Gasteiger partial charge is 0.360 e. The van der Waals surface area contributed by atoms with Crippen LogP contribution in [0.3, 0.4) is 0 Å². The Hall–Kier alpha value is -0.760. The summed E-state index contributed by atoms with van der Waals surface area (Å²) >= 11 is 0. The van der Waals surface area contributed by atoms with Gasteiger partial charge in [0.05, 0.1) is 5.54 Å². The first-order valence-corrected chi connectivity index (χ1v) is 5.74. The van der Waals surface area contributed by atoms with E-state index in [1.54, 1.807) is 5.56 Å². The fraction of sp³-hybridized carbons (Fsp3) is 0.667. The van der Waals surface area contributed by atoms with E-state index in [9.17, 15) is 0 Å². The number of H-pyrrole nitrogens is 1. The number of hydrogen-bond acceptors (Lipinski definition) is 1. The van der Waals surface area contributed by atoms with Crippen molar-refractivity contribution in [1.82, 2.24) is 10.3 Å². The Kier molecular flexibility index (Phi) is 1.75. The normalized spacial score (nSPS) is 23.2. The number of aryl methyl sites for hydroxylation is 2. The van der Waals surface area contributed by atoms with E-state index in [0.717, 1.165) is 0 Å². The molecule has 1 aromatic rings. The van der Waals surface area contributed by atoms with E-state index in [4.69, 9.17) is 0 Å². The highest BCUT2D eigenvalue weighted by Gasteiger charge is 2.44. The maximum absolute atomic E-state index is 3.62.